The fourth-order valence-electron chi connectivity index (χ4n) is 10.9. The van der Waals surface area contributed by atoms with Crippen molar-refractivity contribution in [2.45, 2.75) is 241 Å². The van der Waals surface area contributed by atoms with Gasteiger partial charge >= 0.3 is 5.97 Å². The number of primary amides is 1. The van der Waals surface area contributed by atoms with Gasteiger partial charge in [-0.05, 0) is 180 Å². The van der Waals surface area contributed by atoms with Gasteiger partial charge < -0.3 is 132 Å². The van der Waals surface area contributed by atoms with Crippen LogP contribution in [0.25, 0.3) is 0 Å². The second kappa shape index (κ2) is 55.5. The van der Waals surface area contributed by atoms with E-state index in [0.29, 0.717) is 69.9 Å². The number of unbranched alkanes of at least 4 members (excludes halogenated alkanes) is 5. The van der Waals surface area contributed by atoms with Gasteiger partial charge in [0.1, 0.15) is 66.5 Å². The Balaban J connectivity index is 3.48. The van der Waals surface area contributed by atoms with E-state index in [1.807, 2.05) is 0 Å². The molecule has 0 bridgehead atoms. The monoisotopic (exact) mass is 1540 g/mol. The molecule has 109 heavy (non-hydrogen) atoms. The van der Waals surface area contributed by atoms with Crippen LogP contribution in [0.5, 0.6) is 0 Å². The number of aliphatic imine (C=N–C) groups is 2. The average molecular weight is 1540 g/mol. The van der Waals surface area contributed by atoms with Gasteiger partial charge in [0.25, 0.3) is 0 Å². The van der Waals surface area contributed by atoms with E-state index in [2.05, 4.69) is 73.8 Å². The first-order valence-corrected chi connectivity index (χ1v) is 37.2. The van der Waals surface area contributed by atoms with Crippen molar-refractivity contribution >= 4 is 94.7 Å². The Morgan fingerprint density at radius 2 is 0.697 bits per heavy atom. The smallest absolute Gasteiger partial charge is 0.326 e. The number of nitrogens with two attached hydrogens (primary N) is 11. The first-order valence-electron chi connectivity index (χ1n) is 37.2. The molecule has 0 unspecified atom stereocenters. The number of nitrogens with zero attached hydrogens (tertiary/aromatic N) is 2. The van der Waals surface area contributed by atoms with Gasteiger partial charge in [-0.3, -0.25) is 72.3 Å². The second-order valence-electron chi connectivity index (χ2n) is 27.0. The molecule has 1 aromatic carbocycles. The standard InChI is InChI=1S/C69H125N25O15/c1-40(2)36-51(65(106)90-49(28-19-35-82-69(79)80)62(103)88-46(24-10-15-31-72)60(101)89-47(25-11-16-32-73)63(104)94-53(38-54(76)95)66(107)91-50(67(108)109)26-12-17-33-74)92-56(97)41(3)84-55(96)39-83-59(100)45(23-9-14-30-71)87-61(102)48(27-18-34-81-68(77)78)86-57(98)42(4)85-64(105)52(37-43-20-6-5-7-21-43)93-58(99)44(75)22-8-13-29-70/h5-7,20-21,40-42,44-53H,8-19,22-39,70-75H2,1-4H3,(H2,76,95)(H,83,100)(H,84,96)(H,85,105)(H,86,98)(H,87,102)(H,88,103)(H,89,101)(H,90,106)(H,91,107)(H,92,97)(H,93,99)(H,94,104)(H,108,109)(H4,77,78,81)(H4,79,80,82)/t41-,42-,44-,45-,46-,47-,48-,49-,50-,51-,52-,53-/m0/s1. The number of benzene rings is 1. The van der Waals surface area contributed by atoms with E-state index >= 15 is 0 Å². The minimum absolute atomic E-state index is 0.00464. The summed E-state index contributed by atoms with van der Waals surface area (Å²) >= 11 is 0. The van der Waals surface area contributed by atoms with E-state index in [9.17, 15) is 72.2 Å². The van der Waals surface area contributed by atoms with Crippen LogP contribution in [0, 0.1) is 5.92 Å². The highest BCUT2D eigenvalue weighted by molar-refractivity contribution is 6.00. The maximum absolute atomic E-state index is 14.5. The number of hydrogen-bond acceptors (Lipinski definition) is 22. The summed E-state index contributed by atoms with van der Waals surface area (Å²) in [6.45, 7) is 6.73. The minimum atomic E-state index is -1.68. The molecule has 0 aromatic heterocycles. The average Bonchev–Trinajstić information content (AvgIpc) is 0.866. The zero-order valence-corrected chi connectivity index (χ0v) is 63.5. The van der Waals surface area contributed by atoms with Crippen molar-refractivity contribution in [1.82, 2.24) is 63.8 Å². The molecule has 13 amide bonds. The van der Waals surface area contributed by atoms with Gasteiger partial charge in [0.15, 0.2) is 11.9 Å². The molecule has 1 aromatic rings. The summed E-state index contributed by atoms with van der Waals surface area (Å²) in [5.74, 6) is -13.4. The highest BCUT2D eigenvalue weighted by Gasteiger charge is 2.36. The summed E-state index contributed by atoms with van der Waals surface area (Å²) in [5, 5.41) is 40.6. The topological polar surface area (TPSA) is 715 Å². The number of guanidine groups is 2. The van der Waals surface area contributed by atoms with Gasteiger partial charge in [0.2, 0.25) is 76.8 Å². The molecular weight excluding hydrogens is 1420 g/mol. The van der Waals surface area contributed by atoms with Crippen molar-refractivity contribution in [1.29, 1.82) is 0 Å². The first kappa shape index (κ1) is 97.1. The van der Waals surface area contributed by atoms with Gasteiger partial charge in [-0.2, -0.15) is 0 Å². The van der Waals surface area contributed by atoms with E-state index in [1.165, 1.54) is 13.8 Å². The number of carbonyl (C=O) groups excluding carboxylic acids is 13. The molecule has 0 fully saturated rings. The van der Waals surface area contributed by atoms with Crippen LogP contribution in [0.3, 0.4) is 0 Å². The SMILES string of the molecule is CC(C)C[C@H](NC(=O)[C@H](C)NC(=O)CNC(=O)[C@H](CCCCN)NC(=O)[C@H](CCCN=C(N)N)NC(=O)[C@H](C)NC(=O)[C@H](Cc1ccccc1)NC(=O)[C@@H](N)CCCCN)C(=O)N[C@@H](CCCN=C(N)N)C(=O)N[C@@H](CCCCN)C(=O)N[C@@H](CCCCN)C(=O)N[C@@H](CC(N)=O)C(=O)N[C@@H](CCCCN)C(=O)O. The van der Waals surface area contributed by atoms with Crippen molar-refractivity contribution in [3.8, 4) is 0 Å². The molecule has 0 saturated carbocycles. The molecule has 0 radical (unpaired) electrons. The van der Waals surface area contributed by atoms with Crippen LogP contribution in [0.4, 0.5) is 0 Å². The Bertz CT molecular complexity index is 3090. The third kappa shape index (κ3) is 42.4. The van der Waals surface area contributed by atoms with Crippen LogP contribution >= 0.6 is 0 Å². The Labute approximate surface area is 637 Å². The number of nitrogens with one attached hydrogen (secondary N) is 12. The molecule has 35 N–H and O–H groups in total. The van der Waals surface area contributed by atoms with E-state index in [-0.39, 0.29) is 134 Å². The Morgan fingerprint density at radius 3 is 1.10 bits per heavy atom. The summed E-state index contributed by atoms with van der Waals surface area (Å²) in [6, 6.07) is -7.37. The van der Waals surface area contributed by atoms with Gasteiger partial charge in [-0.1, -0.05) is 50.6 Å². The van der Waals surface area contributed by atoms with Gasteiger partial charge in [-0.25, -0.2) is 4.79 Å². The van der Waals surface area contributed by atoms with E-state index in [0.717, 1.165) is 0 Å². The third-order valence-electron chi connectivity index (χ3n) is 17.0. The number of carboxylic acid groups (broad SMARTS) is 1. The zero-order chi connectivity index (χ0) is 82.0. The molecule has 0 aliphatic rings. The van der Waals surface area contributed by atoms with Crippen molar-refractivity contribution in [2.24, 2.45) is 79.0 Å². The Morgan fingerprint density at radius 1 is 0.367 bits per heavy atom. The largest absolute Gasteiger partial charge is 0.480 e. The molecular formula is C69H125N25O15. The molecule has 12 atom stereocenters. The fraction of sp³-hybridized carbons (Fsp3) is 0.681. The van der Waals surface area contributed by atoms with E-state index in [4.69, 9.17) is 63.1 Å². The lowest BCUT2D eigenvalue weighted by Crippen LogP contribution is -2.60. The highest BCUT2D eigenvalue weighted by Crippen LogP contribution is 2.14. The second-order valence-corrected chi connectivity index (χ2v) is 27.0. The predicted molar refractivity (Wildman–Crippen MR) is 409 cm³/mol. The number of hydrogen-bond donors (Lipinski definition) is 24. The number of amides is 13. The maximum atomic E-state index is 14.5. The maximum Gasteiger partial charge on any atom is 0.326 e. The summed E-state index contributed by atoms with van der Waals surface area (Å²) in [7, 11) is 0. The van der Waals surface area contributed by atoms with Crippen molar-refractivity contribution < 1.29 is 72.2 Å². The quantitative estimate of drug-likeness (QED) is 0.0164. The Hall–Kier alpha value is -9.90. The number of rotatable bonds is 59. The van der Waals surface area contributed by atoms with Gasteiger partial charge in [0, 0.05) is 19.5 Å². The fourth-order valence-corrected chi connectivity index (χ4v) is 10.9. The normalized spacial score (nSPS) is 14.3. The zero-order valence-electron chi connectivity index (χ0n) is 63.5. The van der Waals surface area contributed by atoms with E-state index in [1.54, 1.807) is 44.2 Å². The van der Waals surface area contributed by atoms with Crippen LogP contribution in [-0.2, 0) is 73.5 Å². The summed E-state index contributed by atoms with van der Waals surface area (Å²) in [4.78, 5) is 200. The van der Waals surface area contributed by atoms with Crippen molar-refractivity contribution in [3.05, 3.63) is 35.9 Å². The molecule has 1 rings (SSSR count). The lowest BCUT2D eigenvalue weighted by atomic mass is 10.0. The van der Waals surface area contributed by atoms with Crippen LogP contribution in [-0.4, -0.2) is 225 Å². The van der Waals surface area contributed by atoms with Crippen LogP contribution in [0.2, 0.25) is 0 Å². The molecule has 0 aliphatic carbocycles. The van der Waals surface area contributed by atoms with Crippen LogP contribution in [0.1, 0.15) is 168 Å². The van der Waals surface area contributed by atoms with Crippen molar-refractivity contribution in [2.75, 3.05) is 52.4 Å². The van der Waals surface area contributed by atoms with Crippen molar-refractivity contribution in [3.63, 3.8) is 0 Å². The molecule has 0 heterocycles. The summed E-state index contributed by atoms with van der Waals surface area (Å²) in [6.07, 6.45) is 3.49. The molecule has 40 heteroatoms. The van der Waals surface area contributed by atoms with Crippen LogP contribution in [0.15, 0.2) is 40.3 Å². The third-order valence-corrected chi connectivity index (χ3v) is 17.0. The molecule has 40 nitrogen and oxygen atoms in total. The number of carboxylic acids is 1. The predicted octanol–water partition coefficient (Wildman–Crippen LogP) is -7.20. The van der Waals surface area contributed by atoms with E-state index < -0.39 is 168 Å². The minimum Gasteiger partial charge on any atom is -0.480 e. The lowest BCUT2D eigenvalue weighted by Gasteiger charge is -2.28. The number of carbonyl (C=O) groups is 14. The number of aliphatic carboxylic acids is 1. The molecule has 616 valence electrons. The first-order chi connectivity index (χ1) is 51.7. The summed E-state index contributed by atoms with van der Waals surface area (Å²) < 4.78 is 0. The van der Waals surface area contributed by atoms with Crippen LogP contribution < -0.4 is 127 Å². The lowest BCUT2D eigenvalue weighted by molar-refractivity contribution is -0.142. The van der Waals surface area contributed by atoms with Gasteiger partial charge in [-0.15, -0.1) is 0 Å². The molecule has 0 saturated heterocycles. The summed E-state index contributed by atoms with van der Waals surface area (Å²) in [5.41, 5.74) is 63.0. The molecule has 0 aliphatic heterocycles. The Kier molecular flexibility index (Phi) is 49.4. The van der Waals surface area contributed by atoms with Gasteiger partial charge in [0.05, 0.1) is 19.0 Å². The highest BCUT2D eigenvalue weighted by atomic mass is 16.4. The molecule has 0 spiro atoms.